The van der Waals surface area contributed by atoms with Gasteiger partial charge >= 0.3 is 0 Å². The Hall–Kier alpha value is -2.99. The number of para-hydroxylation sites is 2. The lowest BCUT2D eigenvalue weighted by Crippen LogP contribution is -2.38. The summed E-state index contributed by atoms with van der Waals surface area (Å²) in [5.41, 5.74) is 2.64. The van der Waals surface area contributed by atoms with Gasteiger partial charge in [0.15, 0.2) is 0 Å². The van der Waals surface area contributed by atoms with Crippen molar-refractivity contribution >= 4 is 27.5 Å². The molecule has 1 fully saturated rings. The van der Waals surface area contributed by atoms with Gasteiger partial charge in [-0.25, -0.2) is 9.97 Å². The molecule has 0 atom stereocenters. The molecule has 1 saturated heterocycles. The van der Waals surface area contributed by atoms with Crippen LogP contribution in [0.25, 0.3) is 15.9 Å². The number of imidazole rings is 1. The summed E-state index contributed by atoms with van der Waals surface area (Å²) in [6.07, 6.45) is 5.27. The highest BCUT2D eigenvalue weighted by Crippen LogP contribution is 2.34. The van der Waals surface area contributed by atoms with E-state index in [0.717, 1.165) is 37.1 Å². The maximum Gasteiger partial charge on any atom is 0.272 e. The Balaban J connectivity index is 1.31. The minimum absolute atomic E-state index is 0.0455. The van der Waals surface area contributed by atoms with Crippen LogP contribution in [0.1, 0.15) is 34.3 Å². The highest BCUT2D eigenvalue weighted by molar-refractivity contribution is 7.18. The van der Waals surface area contributed by atoms with Crippen molar-refractivity contribution in [2.75, 3.05) is 13.1 Å². The summed E-state index contributed by atoms with van der Waals surface area (Å²) in [6, 6.07) is 18.1. The molecule has 140 valence electrons. The number of aromatic nitrogens is 3. The van der Waals surface area contributed by atoms with Crippen molar-refractivity contribution in [3.8, 4) is 5.69 Å². The normalized spacial score (nSPS) is 15.2. The van der Waals surface area contributed by atoms with E-state index in [2.05, 4.69) is 23.2 Å². The topological polar surface area (TPSA) is 51.0 Å². The molecule has 0 spiro atoms. The van der Waals surface area contributed by atoms with Gasteiger partial charge in [0, 0.05) is 24.7 Å². The van der Waals surface area contributed by atoms with Gasteiger partial charge in [0.2, 0.25) is 0 Å². The molecule has 0 radical (unpaired) electrons. The number of hydrogen-bond acceptors (Lipinski definition) is 4. The predicted octanol–water partition coefficient (Wildman–Crippen LogP) is 4.50. The van der Waals surface area contributed by atoms with Crippen molar-refractivity contribution in [2.24, 2.45) is 0 Å². The van der Waals surface area contributed by atoms with Crippen LogP contribution in [0.2, 0.25) is 0 Å². The van der Waals surface area contributed by atoms with Crippen LogP contribution in [0.3, 0.4) is 0 Å². The molecule has 5 rings (SSSR count). The number of thiazole rings is 1. The van der Waals surface area contributed by atoms with Gasteiger partial charge in [0.1, 0.15) is 5.69 Å². The second-order valence-corrected chi connectivity index (χ2v) is 8.13. The molecule has 3 heterocycles. The molecule has 2 aromatic heterocycles. The third-order valence-corrected chi connectivity index (χ3v) is 6.53. The second kappa shape index (κ2) is 7.20. The summed E-state index contributed by atoms with van der Waals surface area (Å²) in [6.45, 7) is 1.50. The summed E-state index contributed by atoms with van der Waals surface area (Å²) in [5, 5.41) is 1.20. The Kier molecular flexibility index (Phi) is 4.41. The van der Waals surface area contributed by atoms with E-state index in [4.69, 9.17) is 4.98 Å². The van der Waals surface area contributed by atoms with E-state index in [1.165, 1.54) is 9.71 Å². The third kappa shape index (κ3) is 3.10. The Morgan fingerprint density at radius 3 is 2.54 bits per heavy atom. The van der Waals surface area contributed by atoms with E-state index in [0.29, 0.717) is 11.6 Å². The number of piperidine rings is 1. The van der Waals surface area contributed by atoms with Crippen LogP contribution in [-0.2, 0) is 0 Å². The fourth-order valence-corrected chi connectivity index (χ4v) is 4.94. The number of benzene rings is 2. The number of carbonyl (C=O) groups excluding carboxylic acids is 1. The SMILES string of the molecule is O=C(c1cncn1-c1ccccc1)N1CCC(c2nc3ccccc3s2)CC1. The quantitative estimate of drug-likeness (QED) is 0.519. The monoisotopic (exact) mass is 388 g/mol. The van der Waals surface area contributed by atoms with E-state index < -0.39 is 0 Å². The lowest BCUT2D eigenvalue weighted by Gasteiger charge is -2.31. The van der Waals surface area contributed by atoms with Crippen molar-refractivity contribution < 1.29 is 4.79 Å². The van der Waals surface area contributed by atoms with E-state index in [1.807, 2.05) is 45.9 Å². The molecule has 28 heavy (non-hydrogen) atoms. The molecule has 0 aliphatic carbocycles. The van der Waals surface area contributed by atoms with E-state index in [-0.39, 0.29) is 5.91 Å². The van der Waals surface area contributed by atoms with Crippen LogP contribution in [0, 0.1) is 0 Å². The molecule has 4 aromatic rings. The van der Waals surface area contributed by atoms with Crippen molar-refractivity contribution in [3.63, 3.8) is 0 Å². The standard InChI is InChI=1S/C22H20N4OS/c27-22(19-14-23-15-26(19)17-6-2-1-3-7-17)25-12-10-16(11-13-25)21-24-18-8-4-5-9-20(18)28-21/h1-9,14-16H,10-13H2. The number of hydrogen-bond donors (Lipinski definition) is 0. The Labute approximate surface area is 167 Å². The van der Waals surface area contributed by atoms with Crippen molar-refractivity contribution in [1.29, 1.82) is 0 Å². The van der Waals surface area contributed by atoms with Crippen molar-refractivity contribution in [1.82, 2.24) is 19.4 Å². The van der Waals surface area contributed by atoms with E-state index in [9.17, 15) is 4.79 Å². The molecular weight excluding hydrogens is 368 g/mol. The van der Waals surface area contributed by atoms with Gasteiger partial charge in [-0.15, -0.1) is 11.3 Å². The Bertz CT molecular complexity index is 1080. The molecule has 1 amide bonds. The van der Waals surface area contributed by atoms with Crippen LogP contribution in [-0.4, -0.2) is 38.4 Å². The number of amides is 1. The Morgan fingerprint density at radius 2 is 1.75 bits per heavy atom. The van der Waals surface area contributed by atoms with Crippen LogP contribution >= 0.6 is 11.3 Å². The molecule has 1 aliphatic rings. The maximum absolute atomic E-state index is 13.1. The summed E-state index contributed by atoms with van der Waals surface area (Å²) < 4.78 is 3.10. The average Bonchev–Trinajstić information content (AvgIpc) is 3.41. The fourth-order valence-electron chi connectivity index (χ4n) is 3.80. The zero-order chi connectivity index (χ0) is 18.9. The number of nitrogens with zero attached hydrogens (tertiary/aromatic N) is 4. The number of carbonyl (C=O) groups is 1. The molecule has 6 heteroatoms. The summed E-state index contributed by atoms with van der Waals surface area (Å²) in [4.78, 5) is 24.1. The minimum Gasteiger partial charge on any atom is -0.337 e. The molecule has 0 saturated carbocycles. The predicted molar refractivity (Wildman–Crippen MR) is 111 cm³/mol. The van der Waals surface area contributed by atoms with Gasteiger partial charge in [-0.05, 0) is 37.1 Å². The number of likely N-dealkylation sites (tertiary alicyclic amines) is 1. The van der Waals surface area contributed by atoms with Crippen molar-refractivity contribution in [3.05, 3.63) is 77.8 Å². The van der Waals surface area contributed by atoms with Crippen LogP contribution in [0.4, 0.5) is 0 Å². The number of fused-ring (bicyclic) bond motifs is 1. The van der Waals surface area contributed by atoms with Crippen LogP contribution < -0.4 is 0 Å². The minimum atomic E-state index is 0.0455. The lowest BCUT2D eigenvalue weighted by atomic mass is 9.97. The molecule has 2 aromatic carbocycles. The Morgan fingerprint density at radius 1 is 1.00 bits per heavy atom. The first kappa shape index (κ1) is 17.1. The molecule has 0 unspecified atom stereocenters. The molecular formula is C22H20N4OS. The van der Waals surface area contributed by atoms with E-state index >= 15 is 0 Å². The third-order valence-electron chi connectivity index (χ3n) is 5.33. The second-order valence-electron chi connectivity index (χ2n) is 7.07. The van der Waals surface area contributed by atoms with Gasteiger partial charge < -0.3 is 4.90 Å². The first-order valence-electron chi connectivity index (χ1n) is 9.52. The maximum atomic E-state index is 13.1. The van der Waals surface area contributed by atoms with Gasteiger partial charge in [-0.3, -0.25) is 9.36 Å². The zero-order valence-electron chi connectivity index (χ0n) is 15.4. The molecule has 0 N–H and O–H groups in total. The zero-order valence-corrected chi connectivity index (χ0v) is 16.2. The highest BCUT2D eigenvalue weighted by atomic mass is 32.1. The number of rotatable bonds is 3. The van der Waals surface area contributed by atoms with Gasteiger partial charge in [-0.1, -0.05) is 30.3 Å². The smallest absolute Gasteiger partial charge is 0.272 e. The fraction of sp³-hybridized carbons (Fsp3) is 0.227. The first-order chi connectivity index (χ1) is 13.8. The average molecular weight is 388 g/mol. The molecule has 0 bridgehead atoms. The van der Waals surface area contributed by atoms with Gasteiger partial charge in [0.05, 0.1) is 27.7 Å². The highest BCUT2D eigenvalue weighted by Gasteiger charge is 2.28. The largest absolute Gasteiger partial charge is 0.337 e. The van der Waals surface area contributed by atoms with E-state index in [1.54, 1.807) is 23.9 Å². The van der Waals surface area contributed by atoms with Gasteiger partial charge in [-0.2, -0.15) is 0 Å². The van der Waals surface area contributed by atoms with Gasteiger partial charge in [0.25, 0.3) is 5.91 Å². The van der Waals surface area contributed by atoms with Crippen LogP contribution in [0.15, 0.2) is 67.1 Å². The summed E-state index contributed by atoms with van der Waals surface area (Å²) >= 11 is 1.78. The first-order valence-corrected chi connectivity index (χ1v) is 10.3. The molecule has 1 aliphatic heterocycles. The van der Waals surface area contributed by atoms with Crippen LogP contribution in [0.5, 0.6) is 0 Å². The lowest BCUT2D eigenvalue weighted by molar-refractivity contribution is 0.0705. The summed E-state index contributed by atoms with van der Waals surface area (Å²) in [5.74, 6) is 0.476. The summed E-state index contributed by atoms with van der Waals surface area (Å²) in [7, 11) is 0. The van der Waals surface area contributed by atoms with Crippen molar-refractivity contribution in [2.45, 2.75) is 18.8 Å². The molecule has 5 nitrogen and oxygen atoms in total.